The molecular weight excluding hydrogens is 276 g/mol. The van der Waals surface area contributed by atoms with Crippen LogP contribution in [0.1, 0.15) is 33.1 Å². The largest absolute Gasteiger partial charge is 0.480 e. The van der Waals surface area contributed by atoms with Crippen molar-refractivity contribution in [2.24, 2.45) is 11.8 Å². The molecular formula is C14H24N2O3S. The van der Waals surface area contributed by atoms with Gasteiger partial charge in [0, 0.05) is 19.3 Å². The molecule has 2 unspecified atom stereocenters. The lowest BCUT2D eigenvalue weighted by molar-refractivity contribution is -0.141. The number of hydrogen-bond donors (Lipinski definition) is 1. The molecule has 2 rings (SSSR count). The van der Waals surface area contributed by atoms with Crippen molar-refractivity contribution in [3.63, 3.8) is 0 Å². The summed E-state index contributed by atoms with van der Waals surface area (Å²) in [5, 5.41) is 9.29. The second-order valence-corrected chi connectivity index (χ2v) is 7.34. The highest BCUT2D eigenvalue weighted by Gasteiger charge is 2.44. The lowest BCUT2D eigenvalue weighted by Gasteiger charge is -2.36. The van der Waals surface area contributed by atoms with Gasteiger partial charge in [0.15, 0.2) is 0 Å². The molecule has 1 saturated carbocycles. The molecule has 2 fully saturated rings. The van der Waals surface area contributed by atoms with Gasteiger partial charge in [-0.05, 0) is 24.7 Å². The van der Waals surface area contributed by atoms with Crippen molar-refractivity contribution in [2.75, 3.05) is 19.3 Å². The molecule has 0 radical (unpaired) electrons. The highest BCUT2D eigenvalue weighted by molar-refractivity contribution is 8.00. The van der Waals surface area contributed by atoms with Crippen LogP contribution in [0.3, 0.4) is 0 Å². The molecule has 2 amide bonds. The van der Waals surface area contributed by atoms with Crippen LogP contribution in [0.4, 0.5) is 4.79 Å². The summed E-state index contributed by atoms with van der Waals surface area (Å²) in [6, 6.07) is -0.822. The van der Waals surface area contributed by atoms with E-state index in [1.165, 1.54) is 19.3 Å². The summed E-state index contributed by atoms with van der Waals surface area (Å²) in [6.07, 6.45) is 3.61. The minimum atomic E-state index is -0.897. The van der Waals surface area contributed by atoms with Gasteiger partial charge >= 0.3 is 12.0 Å². The van der Waals surface area contributed by atoms with Crippen LogP contribution in [0.5, 0.6) is 0 Å². The van der Waals surface area contributed by atoms with Gasteiger partial charge in [-0.3, -0.25) is 4.90 Å². The van der Waals surface area contributed by atoms with Gasteiger partial charge in [-0.25, -0.2) is 9.59 Å². The molecule has 0 aromatic heterocycles. The van der Waals surface area contributed by atoms with Crippen LogP contribution in [0.15, 0.2) is 0 Å². The normalized spacial score (nSPS) is 26.7. The zero-order chi connectivity index (χ0) is 14.9. The van der Waals surface area contributed by atoms with Crippen LogP contribution in [0.2, 0.25) is 0 Å². The fourth-order valence-electron chi connectivity index (χ4n) is 2.81. The monoisotopic (exact) mass is 300 g/mol. The Morgan fingerprint density at radius 3 is 2.50 bits per heavy atom. The van der Waals surface area contributed by atoms with Crippen molar-refractivity contribution in [3.8, 4) is 0 Å². The van der Waals surface area contributed by atoms with E-state index in [0.717, 1.165) is 6.54 Å². The first-order chi connectivity index (χ1) is 9.41. The van der Waals surface area contributed by atoms with Crippen molar-refractivity contribution in [2.45, 2.75) is 44.5 Å². The van der Waals surface area contributed by atoms with Gasteiger partial charge in [0.2, 0.25) is 0 Å². The number of carbonyl (C=O) groups is 2. The highest BCUT2D eigenvalue weighted by Crippen LogP contribution is 2.35. The summed E-state index contributed by atoms with van der Waals surface area (Å²) < 4.78 is 0. The molecule has 20 heavy (non-hydrogen) atoms. The fourth-order valence-corrected chi connectivity index (χ4v) is 4.28. The van der Waals surface area contributed by atoms with E-state index in [1.54, 1.807) is 28.6 Å². The molecule has 0 aromatic carbocycles. The number of hydrogen-bond acceptors (Lipinski definition) is 3. The van der Waals surface area contributed by atoms with Crippen LogP contribution in [0, 0.1) is 11.8 Å². The standard InChI is InChI=1S/C14H24N2O3S/c1-9(2)12-16(11(8-20-12)13(17)18)14(19)15(3)7-10-5-4-6-10/h9-12H,4-8H2,1-3H3,(H,17,18). The summed E-state index contributed by atoms with van der Waals surface area (Å²) in [5.74, 6) is 0.442. The van der Waals surface area contributed by atoms with Crippen molar-refractivity contribution in [1.29, 1.82) is 0 Å². The second kappa shape index (κ2) is 6.24. The summed E-state index contributed by atoms with van der Waals surface area (Å²) >= 11 is 1.58. The molecule has 1 heterocycles. The molecule has 0 aromatic rings. The summed E-state index contributed by atoms with van der Waals surface area (Å²) in [6.45, 7) is 4.82. The molecule has 1 saturated heterocycles. The van der Waals surface area contributed by atoms with Gasteiger partial charge in [-0.2, -0.15) is 0 Å². The topological polar surface area (TPSA) is 60.9 Å². The lowest BCUT2D eigenvalue weighted by Crippen LogP contribution is -2.52. The number of urea groups is 1. The molecule has 6 heteroatoms. The van der Waals surface area contributed by atoms with Crippen LogP contribution in [-0.4, -0.2) is 57.7 Å². The third kappa shape index (κ3) is 3.05. The van der Waals surface area contributed by atoms with E-state index in [0.29, 0.717) is 11.7 Å². The number of carbonyl (C=O) groups excluding carboxylic acids is 1. The van der Waals surface area contributed by atoms with Crippen LogP contribution < -0.4 is 0 Å². The van der Waals surface area contributed by atoms with Gasteiger partial charge in [0.25, 0.3) is 0 Å². The average Bonchev–Trinajstić information content (AvgIpc) is 2.77. The Balaban J connectivity index is 2.07. The Hall–Kier alpha value is -0.910. The Bertz CT molecular complexity index is 385. The molecule has 0 bridgehead atoms. The Morgan fingerprint density at radius 1 is 1.40 bits per heavy atom. The van der Waals surface area contributed by atoms with Crippen molar-refractivity contribution < 1.29 is 14.7 Å². The second-order valence-electron chi connectivity index (χ2n) is 6.19. The quantitative estimate of drug-likeness (QED) is 0.865. The van der Waals surface area contributed by atoms with Crippen molar-refractivity contribution >= 4 is 23.8 Å². The van der Waals surface area contributed by atoms with Crippen molar-refractivity contribution in [1.82, 2.24) is 9.80 Å². The van der Waals surface area contributed by atoms with E-state index in [9.17, 15) is 14.7 Å². The average molecular weight is 300 g/mol. The van der Waals surface area contributed by atoms with Gasteiger partial charge in [0.05, 0.1) is 5.37 Å². The smallest absolute Gasteiger partial charge is 0.327 e. The molecule has 2 aliphatic rings. The number of rotatable bonds is 4. The lowest BCUT2D eigenvalue weighted by atomic mass is 9.85. The van der Waals surface area contributed by atoms with E-state index in [1.807, 2.05) is 13.8 Å². The number of amides is 2. The summed E-state index contributed by atoms with van der Waals surface area (Å²) in [7, 11) is 1.79. The molecule has 5 nitrogen and oxygen atoms in total. The number of carboxylic acid groups (broad SMARTS) is 1. The number of carboxylic acids is 1. The number of thioether (sulfide) groups is 1. The third-order valence-corrected chi connectivity index (χ3v) is 5.82. The maximum absolute atomic E-state index is 12.6. The van der Waals surface area contributed by atoms with Gasteiger partial charge in [0.1, 0.15) is 6.04 Å². The zero-order valence-electron chi connectivity index (χ0n) is 12.4. The highest BCUT2D eigenvalue weighted by atomic mass is 32.2. The van der Waals surface area contributed by atoms with E-state index in [4.69, 9.17) is 0 Å². The molecule has 1 aliphatic carbocycles. The van der Waals surface area contributed by atoms with Crippen LogP contribution in [0.25, 0.3) is 0 Å². The Labute approximate surface area is 124 Å². The zero-order valence-corrected chi connectivity index (χ0v) is 13.2. The predicted octanol–water partition coefficient (Wildman–Crippen LogP) is 2.32. The van der Waals surface area contributed by atoms with E-state index < -0.39 is 12.0 Å². The summed E-state index contributed by atoms with van der Waals surface area (Å²) in [5.41, 5.74) is 0. The van der Waals surface area contributed by atoms with Crippen molar-refractivity contribution in [3.05, 3.63) is 0 Å². The predicted molar refractivity (Wildman–Crippen MR) is 79.7 cm³/mol. The summed E-state index contributed by atoms with van der Waals surface area (Å²) in [4.78, 5) is 27.3. The number of nitrogens with zero attached hydrogens (tertiary/aromatic N) is 2. The first kappa shape index (κ1) is 15.5. The van der Waals surface area contributed by atoms with Gasteiger partial charge in [-0.15, -0.1) is 11.8 Å². The first-order valence-electron chi connectivity index (χ1n) is 7.29. The minimum absolute atomic E-state index is 0.0348. The molecule has 2 atom stereocenters. The number of aliphatic carboxylic acids is 1. The van der Waals surface area contributed by atoms with Gasteiger partial charge in [-0.1, -0.05) is 20.3 Å². The first-order valence-corrected chi connectivity index (χ1v) is 8.34. The minimum Gasteiger partial charge on any atom is -0.480 e. The van der Waals surface area contributed by atoms with E-state index in [2.05, 4.69) is 0 Å². The third-order valence-electron chi connectivity index (χ3n) is 4.19. The maximum atomic E-state index is 12.6. The SMILES string of the molecule is CC(C)C1SCC(C(=O)O)N1C(=O)N(C)CC1CCC1. The Morgan fingerprint density at radius 2 is 2.05 bits per heavy atom. The van der Waals surface area contributed by atoms with Crippen LogP contribution in [-0.2, 0) is 4.79 Å². The molecule has 1 N–H and O–H groups in total. The molecule has 114 valence electrons. The Kier molecular flexibility index (Phi) is 4.83. The fraction of sp³-hybridized carbons (Fsp3) is 0.857. The van der Waals surface area contributed by atoms with Crippen LogP contribution >= 0.6 is 11.8 Å². The maximum Gasteiger partial charge on any atom is 0.327 e. The van der Waals surface area contributed by atoms with E-state index in [-0.39, 0.29) is 17.3 Å². The van der Waals surface area contributed by atoms with Gasteiger partial charge < -0.3 is 10.0 Å². The molecule has 1 aliphatic heterocycles. The molecule has 0 spiro atoms. The van der Waals surface area contributed by atoms with E-state index >= 15 is 0 Å².